The Balaban J connectivity index is 1.95. The molecule has 2 unspecified atom stereocenters. The van der Waals surface area contributed by atoms with Crippen LogP contribution in [-0.2, 0) is 4.79 Å². The van der Waals surface area contributed by atoms with Gasteiger partial charge < -0.3 is 20.6 Å². The lowest BCUT2D eigenvalue weighted by atomic mass is 10.2. The average molecular weight is 277 g/mol. The molecule has 0 radical (unpaired) electrons. The van der Waals surface area contributed by atoms with Gasteiger partial charge in [0.25, 0.3) is 0 Å². The number of anilines is 2. The Morgan fingerprint density at radius 2 is 2.00 bits per heavy atom. The molecule has 1 aliphatic heterocycles. The molecule has 0 aromatic heterocycles. The summed E-state index contributed by atoms with van der Waals surface area (Å²) in [6, 6.07) is 7.56. The molecule has 1 fully saturated rings. The maximum Gasteiger partial charge on any atom is 0.241 e. The molecule has 1 aromatic carbocycles. The molecular formula is C15H23N3O2. The van der Waals surface area contributed by atoms with E-state index < -0.39 is 6.10 Å². The van der Waals surface area contributed by atoms with Crippen LogP contribution < -0.4 is 15.5 Å². The van der Waals surface area contributed by atoms with Crippen molar-refractivity contribution >= 4 is 17.3 Å². The van der Waals surface area contributed by atoms with Gasteiger partial charge in [0.1, 0.15) is 0 Å². The third-order valence-corrected chi connectivity index (χ3v) is 3.69. The van der Waals surface area contributed by atoms with Gasteiger partial charge in [0.05, 0.1) is 12.1 Å². The Kier molecular flexibility index (Phi) is 4.98. The molecule has 1 aromatic rings. The van der Waals surface area contributed by atoms with Gasteiger partial charge in [-0.25, -0.2) is 0 Å². The minimum Gasteiger partial charge on any atom is -0.392 e. The number of β-amino-alcohol motifs (C(OH)–C–C–N with tert-alkyl or cyclic N) is 1. The fraction of sp³-hybridized carbons (Fsp3) is 0.533. The number of hydrogen-bond acceptors (Lipinski definition) is 4. The third-order valence-electron chi connectivity index (χ3n) is 3.69. The summed E-state index contributed by atoms with van der Waals surface area (Å²) in [5.41, 5.74) is 1.94. The highest BCUT2D eigenvalue weighted by molar-refractivity contribution is 5.95. The van der Waals surface area contributed by atoms with E-state index in [1.54, 1.807) is 0 Å². The number of carbonyl (C=O) groups is 1. The Labute approximate surface area is 120 Å². The van der Waals surface area contributed by atoms with E-state index in [9.17, 15) is 9.90 Å². The monoisotopic (exact) mass is 277 g/mol. The normalized spacial score (nSPS) is 21.8. The number of hydrogen-bond donors (Lipinski definition) is 3. The van der Waals surface area contributed by atoms with Gasteiger partial charge in [-0.2, -0.15) is 0 Å². The predicted molar refractivity (Wildman–Crippen MR) is 81.0 cm³/mol. The van der Waals surface area contributed by atoms with Crippen molar-refractivity contribution in [3.05, 3.63) is 24.3 Å². The number of amides is 1. The Morgan fingerprint density at radius 1 is 1.35 bits per heavy atom. The lowest BCUT2D eigenvalue weighted by Gasteiger charge is -2.21. The number of benzene rings is 1. The summed E-state index contributed by atoms with van der Waals surface area (Å²) in [5, 5.41) is 15.3. The lowest BCUT2D eigenvalue weighted by molar-refractivity contribution is -0.117. The van der Waals surface area contributed by atoms with Gasteiger partial charge in [0.2, 0.25) is 5.91 Å². The summed E-state index contributed by atoms with van der Waals surface area (Å²) in [4.78, 5) is 14.2. The maximum absolute atomic E-state index is 12.0. The molecule has 1 amide bonds. The molecule has 110 valence electrons. The fourth-order valence-electron chi connectivity index (χ4n) is 2.49. The highest BCUT2D eigenvalue weighted by Crippen LogP contribution is 2.18. The van der Waals surface area contributed by atoms with E-state index in [0.29, 0.717) is 13.0 Å². The highest BCUT2D eigenvalue weighted by atomic mass is 16.3. The van der Waals surface area contributed by atoms with E-state index in [2.05, 4.69) is 29.4 Å². The van der Waals surface area contributed by atoms with Crippen LogP contribution in [0.3, 0.4) is 0 Å². The summed E-state index contributed by atoms with van der Waals surface area (Å²) in [6.45, 7) is 6.66. The van der Waals surface area contributed by atoms with Gasteiger partial charge in [0, 0.05) is 31.0 Å². The van der Waals surface area contributed by atoms with E-state index in [-0.39, 0.29) is 11.9 Å². The molecule has 5 nitrogen and oxygen atoms in total. The zero-order valence-electron chi connectivity index (χ0n) is 12.1. The van der Waals surface area contributed by atoms with Crippen LogP contribution in [0.4, 0.5) is 11.4 Å². The topological polar surface area (TPSA) is 64.6 Å². The number of nitrogens with zero attached hydrogens (tertiary/aromatic N) is 1. The van der Waals surface area contributed by atoms with Crippen LogP contribution in [0.5, 0.6) is 0 Å². The van der Waals surface area contributed by atoms with Gasteiger partial charge >= 0.3 is 0 Å². The first kappa shape index (κ1) is 14.8. The average Bonchev–Trinajstić information content (AvgIpc) is 2.89. The molecule has 2 atom stereocenters. The van der Waals surface area contributed by atoms with Crippen LogP contribution in [-0.4, -0.2) is 42.8 Å². The predicted octanol–water partition coefficient (Wildman–Crippen LogP) is 1.19. The molecular weight excluding hydrogens is 254 g/mol. The molecule has 2 rings (SSSR count). The first-order valence-electron chi connectivity index (χ1n) is 7.21. The quantitative estimate of drug-likeness (QED) is 0.756. The van der Waals surface area contributed by atoms with Crippen LogP contribution in [0.1, 0.15) is 20.3 Å². The first-order chi connectivity index (χ1) is 9.63. The fourth-order valence-corrected chi connectivity index (χ4v) is 2.49. The molecule has 20 heavy (non-hydrogen) atoms. The summed E-state index contributed by atoms with van der Waals surface area (Å²) >= 11 is 0. The maximum atomic E-state index is 12.0. The van der Waals surface area contributed by atoms with Crippen molar-refractivity contribution in [2.24, 2.45) is 0 Å². The van der Waals surface area contributed by atoms with Crippen molar-refractivity contribution in [3.8, 4) is 0 Å². The smallest absolute Gasteiger partial charge is 0.241 e. The largest absolute Gasteiger partial charge is 0.392 e. The van der Waals surface area contributed by atoms with Crippen LogP contribution in [0.2, 0.25) is 0 Å². The van der Waals surface area contributed by atoms with Gasteiger partial charge in [0.15, 0.2) is 0 Å². The lowest BCUT2D eigenvalue weighted by Crippen LogP contribution is -2.35. The molecule has 5 heteroatoms. The van der Waals surface area contributed by atoms with E-state index in [1.165, 1.54) is 0 Å². The number of nitrogens with one attached hydrogen (secondary N) is 2. The molecule has 1 aliphatic rings. The molecule has 0 saturated carbocycles. The van der Waals surface area contributed by atoms with Crippen molar-refractivity contribution in [2.45, 2.75) is 32.4 Å². The SMILES string of the molecule is CCN(CC)c1ccc(NC(=O)C2CC(O)CN2)cc1. The number of carbonyl (C=O) groups excluding carboxylic acids is 1. The summed E-state index contributed by atoms with van der Waals surface area (Å²) < 4.78 is 0. The van der Waals surface area contributed by atoms with Gasteiger partial charge in [-0.1, -0.05) is 0 Å². The van der Waals surface area contributed by atoms with Crippen LogP contribution in [0.25, 0.3) is 0 Å². The molecule has 0 aliphatic carbocycles. The Hall–Kier alpha value is -1.59. The van der Waals surface area contributed by atoms with E-state index in [4.69, 9.17) is 0 Å². The number of aliphatic hydroxyl groups is 1. The van der Waals surface area contributed by atoms with E-state index in [1.807, 2.05) is 24.3 Å². The zero-order chi connectivity index (χ0) is 14.5. The molecule has 1 saturated heterocycles. The second-order valence-electron chi connectivity index (χ2n) is 5.06. The summed E-state index contributed by atoms with van der Waals surface area (Å²) in [6.07, 6.45) is 0.0550. The Bertz CT molecular complexity index is 443. The number of aliphatic hydroxyl groups excluding tert-OH is 1. The van der Waals surface area contributed by atoms with E-state index in [0.717, 1.165) is 24.5 Å². The van der Waals surface area contributed by atoms with Gasteiger partial charge in [-0.15, -0.1) is 0 Å². The van der Waals surface area contributed by atoms with Crippen molar-refractivity contribution in [1.29, 1.82) is 0 Å². The Morgan fingerprint density at radius 3 is 2.50 bits per heavy atom. The second kappa shape index (κ2) is 6.72. The standard InChI is InChI=1S/C15H23N3O2/c1-3-18(4-2)12-7-5-11(6-8-12)17-15(20)14-9-13(19)10-16-14/h5-8,13-14,16,19H,3-4,9-10H2,1-2H3,(H,17,20). The van der Waals surface area contributed by atoms with Crippen LogP contribution in [0.15, 0.2) is 24.3 Å². The van der Waals surface area contributed by atoms with Crippen molar-refractivity contribution in [1.82, 2.24) is 5.32 Å². The van der Waals surface area contributed by atoms with Gasteiger partial charge in [-0.05, 0) is 44.5 Å². The van der Waals surface area contributed by atoms with Crippen molar-refractivity contribution < 1.29 is 9.90 Å². The van der Waals surface area contributed by atoms with Gasteiger partial charge in [-0.3, -0.25) is 4.79 Å². The summed E-state index contributed by atoms with van der Waals surface area (Å²) in [5.74, 6) is -0.0860. The highest BCUT2D eigenvalue weighted by Gasteiger charge is 2.27. The summed E-state index contributed by atoms with van der Waals surface area (Å²) in [7, 11) is 0. The molecule has 0 bridgehead atoms. The first-order valence-corrected chi connectivity index (χ1v) is 7.21. The molecule has 1 heterocycles. The van der Waals surface area contributed by atoms with Crippen LogP contribution >= 0.6 is 0 Å². The molecule has 0 spiro atoms. The van der Waals surface area contributed by atoms with Crippen molar-refractivity contribution in [2.75, 3.05) is 29.9 Å². The zero-order valence-corrected chi connectivity index (χ0v) is 12.1. The minimum atomic E-state index is -0.421. The minimum absolute atomic E-state index is 0.0860. The third kappa shape index (κ3) is 3.49. The van der Waals surface area contributed by atoms with E-state index >= 15 is 0 Å². The van der Waals surface area contributed by atoms with Crippen LogP contribution in [0, 0.1) is 0 Å². The number of rotatable bonds is 5. The molecule has 3 N–H and O–H groups in total. The van der Waals surface area contributed by atoms with Crippen molar-refractivity contribution in [3.63, 3.8) is 0 Å². The second-order valence-corrected chi connectivity index (χ2v) is 5.06.